The molecular formula is C25H24N2O3S. The standard InChI is InChI=1S/C25H24N2O3S/c1-4-13-27-20(18-12-8-9-15(2)14-18)19(22(29)25(27)30)21(28)23-16(3)26-24(31-23)17-10-6-5-7-11-17/h5-12,14,20,29H,4,13H2,1-3H3. The molecule has 0 saturated heterocycles. The van der Waals surface area contributed by atoms with Crippen molar-refractivity contribution in [3.63, 3.8) is 0 Å². The molecule has 0 bridgehead atoms. The van der Waals surface area contributed by atoms with Crippen molar-refractivity contribution < 1.29 is 14.7 Å². The van der Waals surface area contributed by atoms with Gasteiger partial charge >= 0.3 is 0 Å². The summed E-state index contributed by atoms with van der Waals surface area (Å²) in [5.41, 5.74) is 3.51. The lowest BCUT2D eigenvalue weighted by Gasteiger charge is -2.26. The summed E-state index contributed by atoms with van der Waals surface area (Å²) in [4.78, 5) is 33.2. The van der Waals surface area contributed by atoms with Crippen LogP contribution in [0.3, 0.4) is 0 Å². The summed E-state index contributed by atoms with van der Waals surface area (Å²) in [6.45, 7) is 6.18. The third-order valence-electron chi connectivity index (χ3n) is 5.39. The number of benzene rings is 2. The van der Waals surface area contributed by atoms with Crippen molar-refractivity contribution in [3.8, 4) is 10.6 Å². The van der Waals surface area contributed by atoms with Crippen molar-refractivity contribution in [1.82, 2.24) is 9.88 Å². The highest BCUT2D eigenvalue weighted by molar-refractivity contribution is 7.17. The number of nitrogens with zero attached hydrogens (tertiary/aromatic N) is 2. The highest BCUT2D eigenvalue weighted by atomic mass is 32.1. The largest absolute Gasteiger partial charge is 0.503 e. The Balaban J connectivity index is 1.80. The van der Waals surface area contributed by atoms with Gasteiger partial charge in [0.2, 0.25) is 5.78 Å². The second kappa shape index (κ2) is 8.47. The monoisotopic (exact) mass is 432 g/mol. The number of hydrogen-bond donors (Lipinski definition) is 1. The molecule has 4 rings (SSSR count). The normalized spacial score (nSPS) is 16.3. The van der Waals surface area contributed by atoms with Crippen LogP contribution in [0.2, 0.25) is 0 Å². The zero-order valence-electron chi connectivity index (χ0n) is 17.8. The molecule has 0 fully saturated rings. The number of thiazole rings is 1. The van der Waals surface area contributed by atoms with E-state index in [0.29, 0.717) is 17.1 Å². The van der Waals surface area contributed by atoms with Gasteiger partial charge in [-0.2, -0.15) is 0 Å². The summed E-state index contributed by atoms with van der Waals surface area (Å²) in [6, 6.07) is 16.8. The van der Waals surface area contributed by atoms with E-state index in [1.807, 2.05) is 68.4 Å². The molecule has 3 aromatic rings. The lowest BCUT2D eigenvalue weighted by Crippen LogP contribution is -2.31. The SMILES string of the molecule is CCCN1C(=O)C(O)=C(C(=O)c2sc(-c3ccccc3)nc2C)C1c1cccc(C)c1. The number of ketones is 1. The molecule has 2 aromatic carbocycles. The fourth-order valence-corrected chi connectivity index (χ4v) is 5.00. The van der Waals surface area contributed by atoms with Crippen LogP contribution in [0.1, 0.15) is 45.9 Å². The zero-order chi connectivity index (χ0) is 22.1. The van der Waals surface area contributed by atoms with Gasteiger partial charge in [0.15, 0.2) is 5.76 Å². The summed E-state index contributed by atoms with van der Waals surface area (Å²) >= 11 is 1.29. The van der Waals surface area contributed by atoms with Crippen molar-refractivity contribution in [2.45, 2.75) is 33.2 Å². The van der Waals surface area contributed by atoms with Crippen LogP contribution >= 0.6 is 11.3 Å². The molecule has 1 aromatic heterocycles. The minimum Gasteiger partial charge on any atom is -0.503 e. The van der Waals surface area contributed by atoms with Gasteiger partial charge < -0.3 is 10.0 Å². The molecule has 1 N–H and O–H groups in total. The maximum Gasteiger partial charge on any atom is 0.290 e. The number of aliphatic hydroxyl groups excluding tert-OH is 1. The van der Waals surface area contributed by atoms with Crippen molar-refractivity contribution in [2.75, 3.05) is 6.54 Å². The predicted molar refractivity (Wildman–Crippen MR) is 122 cm³/mol. The van der Waals surface area contributed by atoms with Crippen LogP contribution < -0.4 is 0 Å². The second-order valence-corrected chi connectivity index (χ2v) is 8.71. The Kier molecular flexibility index (Phi) is 5.74. The van der Waals surface area contributed by atoms with Crippen LogP contribution in [0.15, 0.2) is 65.9 Å². The average molecular weight is 433 g/mol. The molecule has 2 heterocycles. The van der Waals surface area contributed by atoms with Gasteiger partial charge in [0.1, 0.15) is 5.01 Å². The van der Waals surface area contributed by atoms with E-state index in [1.165, 1.54) is 11.3 Å². The number of aryl methyl sites for hydroxylation is 2. The van der Waals surface area contributed by atoms with E-state index in [1.54, 1.807) is 11.8 Å². The van der Waals surface area contributed by atoms with Gasteiger partial charge in [0.05, 0.1) is 22.2 Å². The van der Waals surface area contributed by atoms with Crippen molar-refractivity contribution >= 4 is 23.0 Å². The van der Waals surface area contributed by atoms with Crippen LogP contribution in [0.5, 0.6) is 0 Å². The quantitative estimate of drug-likeness (QED) is 0.528. The Morgan fingerprint density at radius 2 is 1.87 bits per heavy atom. The fourth-order valence-electron chi connectivity index (χ4n) is 3.98. The first-order chi connectivity index (χ1) is 14.9. The number of hydrogen-bond acceptors (Lipinski definition) is 5. The van der Waals surface area contributed by atoms with E-state index in [2.05, 4.69) is 4.98 Å². The van der Waals surface area contributed by atoms with Crippen LogP contribution in [0.4, 0.5) is 0 Å². The molecule has 1 aliphatic heterocycles. The topological polar surface area (TPSA) is 70.5 Å². The molecule has 0 spiro atoms. The molecule has 1 unspecified atom stereocenters. The molecule has 1 atom stereocenters. The first-order valence-corrected chi connectivity index (χ1v) is 11.1. The molecule has 6 heteroatoms. The van der Waals surface area contributed by atoms with Gasteiger partial charge in [-0.05, 0) is 25.8 Å². The molecule has 0 radical (unpaired) electrons. The maximum absolute atomic E-state index is 13.7. The Morgan fingerprint density at radius 3 is 2.55 bits per heavy atom. The van der Waals surface area contributed by atoms with Crippen molar-refractivity contribution in [3.05, 3.63) is 87.6 Å². The first kappa shape index (κ1) is 21.0. The Morgan fingerprint density at radius 1 is 1.13 bits per heavy atom. The third-order valence-corrected chi connectivity index (χ3v) is 6.60. The smallest absolute Gasteiger partial charge is 0.290 e. The zero-order valence-corrected chi connectivity index (χ0v) is 18.6. The van der Waals surface area contributed by atoms with Crippen molar-refractivity contribution in [1.29, 1.82) is 0 Å². The summed E-state index contributed by atoms with van der Waals surface area (Å²) < 4.78 is 0. The van der Waals surface area contributed by atoms with Crippen LogP contribution in [0.25, 0.3) is 10.6 Å². The Hall–Kier alpha value is -3.25. The van der Waals surface area contributed by atoms with Gasteiger partial charge in [0.25, 0.3) is 5.91 Å². The van der Waals surface area contributed by atoms with Gasteiger partial charge in [-0.25, -0.2) is 4.98 Å². The number of aromatic nitrogens is 1. The highest BCUT2D eigenvalue weighted by Gasteiger charge is 2.44. The molecule has 31 heavy (non-hydrogen) atoms. The van der Waals surface area contributed by atoms with Gasteiger partial charge in [-0.3, -0.25) is 9.59 Å². The van der Waals surface area contributed by atoms with E-state index in [9.17, 15) is 14.7 Å². The third kappa shape index (κ3) is 3.79. The number of Topliss-reactive ketones (excluding diaryl/α,β-unsaturated/α-hetero) is 1. The van der Waals surface area contributed by atoms with Crippen molar-refractivity contribution in [2.24, 2.45) is 0 Å². The Bertz CT molecular complexity index is 1180. The molecule has 0 aliphatic carbocycles. The van der Waals surface area contributed by atoms with E-state index in [4.69, 9.17) is 0 Å². The summed E-state index contributed by atoms with van der Waals surface area (Å²) in [6.07, 6.45) is 0.723. The van der Waals surface area contributed by atoms with Crippen LogP contribution in [0, 0.1) is 13.8 Å². The van der Waals surface area contributed by atoms with E-state index in [0.717, 1.165) is 28.1 Å². The van der Waals surface area contributed by atoms with E-state index in [-0.39, 0.29) is 11.4 Å². The molecule has 158 valence electrons. The summed E-state index contributed by atoms with van der Waals surface area (Å²) in [7, 11) is 0. The number of carbonyl (C=O) groups is 2. The minimum absolute atomic E-state index is 0.135. The first-order valence-electron chi connectivity index (χ1n) is 10.3. The Labute approximate surface area is 185 Å². The lowest BCUT2D eigenvalue weighted by atomic mass is 9.94. The van der Waals surface area contributed by atoms with Gasteiger partial charge in [-0.1, -0.05) is 67.1 Å². The number of amides is 1. The van der Waals surface area contributed by atoms with Crippen LogP contribution in [-0.2, 0) is 4.79 Å². The summed E-state index contributed by atoms with van der Waals surface area (Å²) in [5, 5.41) is 11.5. The lowest BCUT2D eigenvalue weighted by molar-refractivity contribution is -0.129. The number of carbonyl (C=O) groups excluding carboxylic acids is 2. The maximum atomic E-state index is 13.7. The highest BCUT2D eigenvalue weighted by Crippen LogP contribution is 2.41. The van der Waals surface area contributed by atoms with Gasteiger partial charge in [-0.15, -0.1) is 11.3 Å². The minimum atomic E-state index is -0.610. The molecule has 1 amide bonds. The average Bonchev–Trinajstić information content (AvgIpc) is 3.27. The molecule has 0 saturated carbocycles. The summed E-state index contributed by atoms with van der Waals surface area (Å²) in [5.74, 6) is -1.30. The number of aliphatic hydroxyl groups is 1. The van der Waals surface area contributed by atoms with E-state index < -0.39 is 17.7 Å². The number of rotatable bonds is 6. The fraction of sp³-hybridized carbons (Fsp3) is 0.240. The predicted octanol–water partition coefficient (Wildman–Crippen LogP) is 5.42. The molecule has 1 aliphatic rings. The van der Waals surface area contributed by atoms with Gasteiger partial charge in [0, 0.05) is 12.1 Å². The van der Waals surface area contributed by atoms with E-state index >= 15 is 0 Å². The van der Waals surface area contributed by atoms with Crippen LogP contribution in [-0.4, -0.2) is 33.2 Å². The molecular weight excluding hydrogens is 408 g/mol. The molecule has 5 nitrogen and oxygen atoms in total. The second-order valence-electron chi connectivity index (χ2n) is 7.71.